The molecule has 0 saturated carbocycles. The molecule has 0 aliphatic carbocycles. The molecule has 2 heterocycles. The predicted molar refractivity (Wildman–Crippen MR) is 153 cm³/mol. The number of hydrogen-bond donors (Lipinski definition) is 10. The molecule has 0 aliphatic rings. The Hall–Kier alpha value is -4.96. The average molecular weight is 585 g/mol. The highest BCUT2D eigenvalue weighted by atomic mass is 16.4. The van der Waals surface area contributed by atoms with Crippen LogP contribution in [0.25, 0.3) is 10.9 Å². The number of nitrogens with two attached hydrogens (primary N) is 3. The number of aliphatic hydroxyl groups excluding tert-OH is 1. The van der Waals surface area contributed by atoms with Gasteiger partial charge in [0.15, 0.2) is 5.96 Å². The number of fused-ring (bicyclic) bond motifs is 1. The van der Waals surface area contributed by atoms with Gasteiger partial charge in [0.25, 0.3) is 0 Å². The fourth-order valence-electron chi connectivity index (χ4n) is 4.23. The number of aromatic nitrogens is 3. The van der Waals surface area contributed by atoms with Gasteiger partial charge in [0.05, 0.1) is 19.0 Å². The molecular formula is C26H36N10O6. The number of nitrogens with zero attached hydrogens (tertiary/aromatic N) is 2. The molecule has 0 bridgehead atoms. The van der Waals surface area contributed by atoms with Gasteiger partial charge >= 0.3 is 5.97 Å². The van der Waals surface area contributed by atoms with Crippen molar-refractivity contribution >= 4 is 40.6 Å². The molecule has 42 heavy (non-hydrogen) atoms. The number of aliphatic hydroxyl groups is 1. The van der Waals surface area contributed by atoms with E-state index in [1.54, 1.807) is 6.20 Å². The minimum absolute atomic E-state index is 0.0205. The number of para-hydroxylation sites is 1. The average Bonchev–Trinajstić information content (AvgIpc) is 3.62. The number of benzene rings is 1. The molecule has 4 atom stereocenters. The molecule has 226 valence electrons. The Morgan fingerprint density at radius 3 is 2.31 bits per heavy atom. The van der Waals surface area contributed by atoms with Crippen LogP contribution in [-0.2, 0) is 32.0 Å². The van der Waals surface area contributed by atoms with E-state index in [1.807, 2.05) is 24.3 Å². The number of aromatic amines is 2. The second-order valence-corrected chi connectivity index (χ2v) is 9.60. The number of carbonyl (C=O) groups excluding carboxylic acids is 3. The molecule has 1 aromatic carbocycles. The van der Waals surface area contributed by atoms with Crippen LogP contribution < -0.4 is 33.2 Å². The summed E-state index contributed by atoms with van der Waals surface area (Å²) >= 11 is 0. The molecule has 0 fully saturated rings. The van der Waals surface area contributed by atoms with E-state index >= 15 is 0 Å². The third kappa shape index (κ3) is 9.03. The van der Waals surface area contributed by atoms with Crippen LogP contribution in [0, 0.1) is 0 Å². The van der Waals surface area contributed by atoms with Crippen molar-refractivity contribution in [2.45, 2.75) is 49.9 Å². The van der Waals surface area contributed by atoms with Crippen molar-refractivity contribution in [2.75, 3.05) is 13.2 Å². The van der Waals surface area contributed by atoms with Gasteiger partial charge in [-0.15, -0.1) is 0 Å². The molecule has 0 spiro atoms. The molecule has 3 rings (SSSR count). The number of carboxylic acids is 1. The molecular weight excluding hydrogens is 548 g/mol. The predicted octanol–water partition coefficient (Wildman–Crippen LogP) is -2.41. The van der Waals surface area contributed by atoms with Gasteiger partial charge in [0.1, 0.15) is 18.1 Å². The van der Waals surface area contributed by atoms with E-state index in [4.69, 9.17) is 17.2 Å². The van der Waals surface area contributed by atoms with Gasteiger partial charge in [-0.2, -0.15) is 0 Å². The number of imidazole rings is 1. The van der Waals surface area contributed by atoms with Crippen LogP contribution in [0.1, 0.15) is 24.1 Å². The van der Waals surface area contributed by atoms with Crippen LogP contribution in [-0.4, -0.2) is 92.1 Å². The SMILES string of the molecule is NC(N)=NCCCC(NC(=O)C(Cc1c[nH]c2ccccc12)NC(=O)C(CO)NC(=O)C(N)Cc1cnc[nH]1)C(=O)O. The van der Waals surface area contributed by atoms with Gasteiger partial charge in [-0.05, 0) is 24.5 Å². The lowest BCUT2D eigenvalue weighted by Crippen LogP contribution is -2.58. The van der Waals surface area contributed by atoms with E-state index in [0.717, 1.165) is 10.9 Å². The van der Waals surface area contributed by atoms with Gasteiger partial charge in [0.2, 0.25) is 17.7 Å². The topological polar surface area (TPSA) is 280 Å². The van der Waals surface area contributed by atoms with E-state index in [2.05, 4.69) is 35.9 Å². The number of aliphatic carboxylic acids is 1. The normalized spacial score (nSPS) is 13.9. The Balaban J connectivity index is 1.75. The largest absolute Gasteiger partial charge is 0.480 e. The molecule has 3 aromatic rings. The maximum Gasteiger partial charge on any atom is 0.326 e. The number of guanidine groups is 1. The fraction of sp³-hybridized carbons (Fsp3) is 0.385. The zero-order valence-electron chi connectivity index (χ0n) is 22.7. The summed E-state index contributed by atoms with van der Waals surface area (Å²) in [5.41, 5.74) is 18.6. The molecule has 4 unspecified atom stereocenters. The van der Waals surface area contributed by atoms with Crippen molar-refractivity contribution < 1.29 is 29.4 Å². The fourth-order valence-corrected chi connectivity index (χ4v) is 4.23. The molecule has 16 nitrogen and oxygen atoms in total. The standard InChI is InChI=1S/C26H36N10O6/c27-17(9-15-11-30-13-33-15)22(38)36-21(12-37)24(40)35-20(8-14-10-32-18-5-2-1-4-16(14)18)23(39)34-19(25(41)42)6-3-7-31-26(28)29/h1-2,4-5,10-11,13,17,19-21,32,37H,3,6-9,12,27H2,(H,30,33)(H,34,39)(H,35,40)(H,36,38)(H,41,42)(H4,28,29,31). The van der Waals surface area contributed by atoms with Crippen molar-refractivity contribution in [1.82, 2.24) is 30.9 Å². The summed E-state index contributed by atoms with van der Waals surface area (Å²) < 4.78 is 0. The zero-order valence-corrected chi connectivity index (χ0v) is 22.7. The summed E-state index contributed by atoms with van der Waals surface area (Å²) in [4.78, 5) is 64.6. The number of amides is 3. The van der Waals surface area contributed by atoms with Gasteiger partial charge in [0, 0.05) is 48.4 Å². The Labute approximate surface area is 240 Å². The molecule has 2 aromatic heterocycles. The first-order valence-electron chi connectivity index (χ1n) is 13.2. The van der Waals surface area contributed by atoms with E-state index in [-0.39, 0.29) is 38.2 Å². The summed E-state index contributed by atoms with van der Waals surface area (Å²) in [6.45, 7) is -0.615. The summed E-state index contributed by atoms with van der Waals surface area (Å²) in [5.74, 6) is -3.76. The number of hydrogen-bond acceptors (Lipinski definition) is 8. The highest BCUT2D eigenvalue weighted by Crippen LogP contribution is 2.19. The quantitative estimate of drug-likeness (QED) is 0.0483. The van der Waals surface area contributed by atoms with Gasteiger partial charge in [-0.25, -0.2) is 9.78 Å². The van der Waals surface area contributed by atoms with Gasteiger partial charge < -0.3 is 53.3 Å². The van der Waals surface area contributed by atoms with Crippen LogP contribution in [0.15, 0.2) is 48.0 Å². The summed E-state index contributed by atoms with van der Waals surface area (Å²) in [5, 5.41) is 27.7. The molecule has 16 heteroatoms. The summed E-state index contributed by atoms with van der Waals surface area (Å²) in [6, 6.07) is 2.29. The highest BCUT2D eigenvalue weighted by Gasteiger charge is 2.31. The number of carboxylic acid groups (broad SMARTS) is 1. The van der Waals surface area contributed by atoms with E-state index in [1.165, 1.54) is 12.5 Å². The number of aliphatic imine (C=N–C) groups is 1. The van der Waals surface area contributed by atoms with E-state index in [0.29, 0.717) is 11.3 Å². The Kier molecular flexibility index (Phi) is 11.4. The van der Waals surface area contributed by atoms with E-state index in [9.17, 15) is 29.4 Å². The third-order valence-corrected chi connectivity index (χ3v) is 6.44. The smallest absolute Gasteiger partial charge is 0.326 e. The molecule has 13 N–H and O–H groups in total. The van der Waals surface area contributed by atoms with Gasteiger partial charge in [-0.1, -0.05) is 18.2 Å². The van der Waals surface area contributed by atoms with Crippen molar-refractivity contribution in [3.63, 3.8) is 0 Å². The molecule has 0 aliphatic heterocycles. The third-order valence-electron chi connectivity index (χ3n) is 6.44. The van der Waals surface area contributed by atoms with Gasteiger partial charge in [-0.3, -0.25) is 19.4 Å². The lowest BCUT2D eigenvalue weighted by Gasteiger charge is -2.24. The number of H-pyrrole nitrogens is 2. The number of rotatable bonds is 16. The highest BCUT2D eigenvalue weighted by molar-refractivity contribution is 5.95. The van der Waals surface area contributed by atoms with Crippen LogP contribution >= 0.6 is 0 Å². The molecule has 0 radical (unpaired) electrons. The second kappa shape index (κ2) is 15.2. The monoisotopic (exact) mass is 584 g/mol. The maximum atomic E-state index is 13.4. The summed E-state index contributed by atoms with van der Waals surface area (Å²) in [6.07, 6.45) is 5.00. The van der Waals surface area contributed by atoms with Crippen LogP contribution in [0.2, 0.25) is 0 Å². The Morgan fingerprint density at radius 2 is 1.64 bits per heavy atom. The minimum Gasteiger partial charge on any atom is -0.480 e. The lowest BCUT2D eigenvalue weighted by atomic mass is 10.0. The van der Waals surface area contributed by atoms with Crippen molar-refractivity contribution in [2.24, 2.45) is 22.2 Å². The Bertz CT molecular complexity index is 1390. The second-order valence-electron chi connectivity index (χ2n) is 9.60. The van der Waals surface area contributed by atoms with Crippen molar-refractivity contribution in [3.05, 3.63) is 54.2 Å². The first kappa shape index (κ1) is 31.6. The first-order chi connectivity index (χ1) is 20.1. The zero-order chi connectivity index (χ0) is 30.6. The van der Waals surface area contributed by atoms with Crippen molar-refractivity contribution in [1.29, 1.82) is 0 Å². The summed E-state index contributed by atoms with van der Waals surface area (Å²) in [7, 11) is 0. The van der Waals surface area contributed by atoms with Crippen LogP contribution in [0.5, 0.6) is 0 Å². The van der Waals surface area contributed by atoms with Crippen molar-refractivity contribution in [3.8, 4) is 0 Å². The van der Waals surface area contributed by atoms with Crippen LogP contribution in [0.4, 0.5) is 0 Å². The molecule has 0 saturated heterocycles. The molecule has 3 amide bonds. The lowest BCUT2D eigenvalue weighted by molar-refractivity contribution is -0.142. The van der Waals surface area contributed by atoms with Crippen LogP contribution in [0.3, 0.4) is 0 Å². The number of carbonyl (C=O) groups is 4. The minimum atomic E-state index is -1.43. The van der Waals surface area contributed by atoms with E-state index < -0.39 is 54.5 Å². The Morgan fingerprint density at radius 1 is 0.952 bits per heavy atom. The maximum absolute atomic E-state index is 13.4. The number of nitrogens with one attached hydrogen (secondary N) is 5. The first-order valence-corrected chi connectivity index (χ1v) is 13.2.